The lowest BCUT2D eigenvalue weighted by atomic mass is 10.0. The van der Waals surface area contributed by atoms with E-state index in [9.17, 15) is 0 Å². The molecule has 0 aromatic heterocycles. The van der Waals surface area contributed by atoms with Crippen LogP contribution in [0.5, 0.6) is 0 Å². The van der Waals surface area contributed by atoms with Gasteiger partial charge in [-0.15, -0.1) is 0 Å². The van der Waals surface area contributed by atoms with Crippen molar-refractivity contribution in [2.45, 2.75) is 25.9 Å². The normalized spacial score (nSPS) is 11.0. The van der Waals surface area contributed by atoms with Crippen LogP contribution in [-0.4, -0.2) is 5.54 Å². The molecule has 0 amide bonds. The first-order chi connectivity index (χ1) is 11.1. The molecule has 0 fully saturated rings. The standard InChI is InChI=1S/C22H21N/c1-22(2,23-17-19-8-4-3-5-9-19)15-14-18-12-13-20-10-6-7-11-21(20)16-18/h3-13,16,23H,17H2,1-2H3. The van der Waals surface area contributed by atoms with Gasteiger partial charge in [-0.2, -0.15) is 0 Å². The smallest absolute Gasteiger partial charge is 0.0750 e. The minimum Gasteiger partial charge on any atom is -0.297 e. The third-order valence-corrected chi connectivity index (χ3v) is 3.85. The molecule has 0 aliphatic heterocycles. The number of nitrogens with one attached hydrogen (secondary N) is 1. The highest BCUT2D eigenvalue weighted by Crippen LogP contribution is 2.15. The first-order valence-electron chi connectivity index (χ1n) is 7.93. The van der Waals surface area contributed by atoms with Gasteiger partial charge in [0.25, 0.3) is 0 Å². The maximum atomic E-state index is 3.51. The summed E-state index contributed by atoms with van der Waals surface area (Å²) in [7, 11) is 0. The van der Waals surface area contributed by atoms with Gasteiger partial charge in [0.05, 0.1) is 5.54 Å². The first kappa shape index (κ1) is 15.3. The van der Waals surface area contributed by atoms with Crippen LogP contribution in [0.3, 0.4) is 0 Å². The molecular formula is C22H21N. The number of fused-ring (bicyclic) bond motifs is 1. The van der Waals surface area contributed by atoms with Crippen molar-refractivity contribution < 1.29 is 0 Å². The van der Waals surface area contributed by atoms with Crippen molar-refractivity contribution in [1.29, 1.82) is 0 Å². The van der Waals surface area contributed by atoms with E-state index in [4.69, 9.17) is 0 Å². The van der Waals surface area contributed by atoms with Gasteiger partial charge in [-0.1, -0.05) is 72.5 Å². The fourth-order valence-electron chi connectivity index (χ4n) is 2.46. The Bertz CT molecular complexity index is 851. The van der Waals surface area contributed by atoms with Gasteiger partial charge in [0.2, 0.25) is 0 Å². The minimum atomic E-state index is -0.235. The van der Waals surface area contributed by atoms with Crippen LogP contribution in [0.1, 0.15) is 25.0 Å². The number of hydrogen-bond acceptors (Lipinski definition) is 1. The molecule has 114 valence electrons. The average molecular weight is 299 g/mol. The van der Waals surface area contributed by atoms with Gasteiger partial charge in [0, 0.05) is 12.1 Å². The molecule has 3 aromatic rings. The number of rotatable bonds is 3. The molecule has 23 heavy (non-hydrogen) atoms. The third-order valence-electron chi connectivity index (χ3n) is 3.85. The van der Waals surface area contributed by atoms with Gasteiger partial charge in [0.15, 0.2) is 0 Å². The monoisotopic (exact) mass is 299 g/mol. The van der Waals surface area contributed by atoms with Gasteiger partial charge in [-0.25, -0.2) is 0 Å². The second kappa shape index (κ2) is 6.69. The maximum absolute atomic E-state index is 3.51. The Kier molecular flexibility index (Phi) is 4.46. The summed E-state index contributed by atoms with van der Waals surface area (Å²) in [5.74, 6) is 6.65. The van der Waals surface area contributed by atoms with E-state index in [0.29, 0.717) is 0 Å². The van der Waals surface area contributed by atoms with Crippen molar-refractivity contribution >= 4 is 10.8 Å². The molecule has 3 rings (SSSR count). The van der Waals surface area contributed by atoms with Crippen molar-refractivity contribution in [2.24, 2.45) is 0 Å². The SMILES string of the molecule is CC(C)(C#Cc1ccc2ccccc2c1)NCc1ccccc1. The predicted molar refractivity (Wildman–Crippen MR) is 98.2 cm³/mol. The fourth-order valence-corrected chi connectivity index (χ4v) is 2.46. The van der Waals surface area contributed by atoms with E-state index < -0.39 is 0 Å². The van der Waals surface area contributed by atoms with Gasteiger partial charge < -0.3 is 0 Å². The summed E-state index contributed by atoms with van der Waals surface area (Å²) < 4.78 is 0. The zero-order valence-electron chi connectivity index (χ0n) is 13.6. The quantitative estimate of drug-likeness (QED) is 0.688. The Labute approximate surface area is 138 Å². The van der Waals surface area contributed by atoms with Crippen LogP contribution in [0.2, 0.25) is 0 Å². The van der Waals surface area contributed by atoms with Crippen molar-refractivity contribution in [2.75, 3.05) is 0 Å². The zero-order valence-corrected chi connectivity index (χ0v) is 13.6. The van der Waals surface area contributed by atoms with Crippen molar-refractivity contribution in [3.63, 3.8) is 0 Å². The highest BCUT2D eigenvalue weighted by Gasteiger charge is 2.12. The molecular weight excluding hydrogens is 278 g/mol. The lowest BCUT2D eigenvalue weighted by Crippen LogP contribution is -2.37. The van der Waals surface area contributed by atoms with Gasteiger partial charge in [-0.3, -0.25) is 5.32 Å². The Hall–Kier alpha value is -2.56. The lowest BCUT2D eigenvalue weighted by Gasteiger charge is -2.19. The summed E-state index contributed by atoms with van der Waals surface area (Å²) in [4.78, 5) is 0. The second-order valence-electron chi connectivity index (χ2n) is 6.28. The lowest BCUT2D eigenvalue weighted by molar-refractivity contribution is 0.490. The molecule has 0 bridgehead atoms. The van der Waals surface area contributed by atoms with E-state index in [1.807, 2.05) is 6.07 Å². The highest BCUT2D eigenvalue weighted by atomic mass is 14.9. The summed E-state index contributed by atoms with van der Waals surface area (Å²) in [6.07, 6.45) is 0. The van der Waals surface area contributed by atoms with Crippen LogP contribution in [-0.2, 0) is 6.54 Å². The summed E-state index contributed by atoms with van der Waals surface area (Å²) >= 11 is 0. The van der Waals surface area contributed by atoms with Crippen molar-refractivity contribution in [3.8, 4) is 11.8 Å². The molecule has 3 aromatic carbocycles. The molecule has 0 saturated carbocycles. The van der Waals surface area contributed by atoms with Crippen molar-refractivity contribution in [1.82, 2.24) is 5.32 Å². The topological polar surface area (TPSA) is 12.0 Å². The maximum Gasteiger partial charge on any atom is 0.0750 e. The number of benzene rings is 3. The molecule has 0 spiro atoms. The molecule has 1 heteroatoms. The molecule has 0 heterocycles. The van der Waals surface area contributed by atoms with Gasteiger partial charge >= 0.3 is 0 Å². The Morgan fingerprint density at radius 3 is 2.30 bits per heavy atom. The molecule has 0 saturated heterocycles. The molecule has 1 N–H and O–H groups in total. The van der Waals surface area contributed by atoms with E-state index in [1.165, 1.54) is 16.3 Å². The van der Waals surface area contributed by atoms with E-state index >= 15 is 0 Å². The summed E-state index contributed by atoms with van der Waals surface area (Å²) in [5.41, 5.74) is 2.09. The molecule has 0 radical (unpaired) electrons. The van der Waals surface area contributed by atoms with Crippen LogP contribution >= 0.6 is 0 Å². The van der Waals surface area contributed by atoms with E-state index in [-0.39, 0.29) is 5.54 Å². The molecule has 0 aliphatic rings. The van der Waals surface area contributed by atoms with Crippen LogP contribution in [0.4, 0.5) is 0 Å². The summed E-state index contributed by atoms with van der Waals surface area (Å²) in [6.45, 7) is 5.05. The predicted octanol–water partition coefficient (Wildman–Crippen LogP) is 4.76. The Morgan fingerprint density at radius 2 is 1.52 bits per heavy atom. The molecule has 0 atom stereocenters. The summed E-state index contributed by atoms with van der Waals surface area (Å²) in [6, 6.07) is 25.1. The Morgan fingerprint density at radius 1 is 0.826 bits per heavy atom. The van der Waals surface area contributed by atoms with Crippen LogP contribution in [0, 0.1) is 11.8 Å². The van der Waals surface area contributed by atoms with Crippen molar-refractivity contribution in [3.05, 3.63) is 83.9 Å². The first-order valence-corrected chi connectivity index (χ1v) is 7.93. The molecule has 0 aliphatic carbocycles. The van der Waals surface area contributed by atoms with Gasteiger partial charge in [-0.05, 0) is 42.3 Å². The second-order valence-corrected chi connectivity index (χ2v) is 6.28. The average Bonchev–Trinajstić information content (AvgIpc) is 2.59. The molecule has 1 nitrogen and oxygen atoms in total. The van der Waals surface area contributed by atoms with E-state index in [2.05, 4.69) is 97.7 Å². The van der Waals surface area contributed by atoms with Gasteiger partial charge in [0.1, 0.15) is 0 Å². The Balaban J connectivity index is 1.72. The fraction of sp³-hybridized carbons (Fsp3) is 0.182. The minimum absolute atomic E-state index is 0.235. The van der Waals surface area contributed by atoms with Crippen LogP contribution in [0.25, 0.3) is 10.8 Å². The van der Waals surface area contributed by atoms with Crippen LogP contribution in [0.15, 0.2) is 72.8 Å². The summed E-state index contributed by atoms with van der Waals surface area (Å²) in [5, 5.41) is 5.99. The third kappa shape index (κ3) is 4.22. The largest absolute Gasteiger partial charge is 0.297 e. The highest BCUT2D eigenvalue weighted by molar-refractivity contribution is 5.83. The molecule has 0 unspecified atom stereocenters. The zero-order chi connectivity index (χ0) is 16.1. The number of hydrogen-bond donors (Lipinski definition) is 1. The van der Waals surface area contributed by atoms with E-state index in [0.717, 1.165) is 12.1 Å². The van der Waals surface area contributed by atoms with Crippen LogP contribution < -0.4 is 5.32 Å². The van der Waals surface area contributed by atoms with E-state index in [1.54, 1.807) is 0 Å².